The Labute approximate surface area is 92.7 Å². The van der Waals surface area contributed by atoms with Gasteiger partial charge in [0.2, 0.25) is 11.7 Å². The van der Waals surface area contributed by atoms with E-state index in [9.17, 15) is 9.59 Å². The van der Waals surface area contributed by atoms with Gasteiger partial charge in [0.25, 0.3) is 0 Å². The van der Waals surface area contributed by atoms with Crippen molar-refractivity contribution in [1.29, 1.82) is 0 Å². The number of carbonyl (C=O) groups is 2. The fourth-order valence-electron chi connectivity index (χ4n) is 1.11. The van der Waals surface area contributed by atoms with Gasteiger partial charge in [0.15, 0.2) is 0 Å². The second-order valence-electron chi connectivity index (χ2n) is 3.27. The average molecular weight is 226 g/mol. The van der Waals surface area contributed by atoms with Gasteiger partial charge in [-0.3, -0.25) is 4.79 Å². The number of esters is 1. The molecule has 0 aliphatic heterocycles. The van der Waals surface area contributed by atoms with E-state index in [1.54, 1.807) is 13.0 Å². The lowest BCUT2D eigenvalue weighted by Crippen LogP contribution is -2.38. The highest BCUT2D eigenvalue weighted by molar-refractivity contribution is 5.87. The summed E-state index contributed by atoms with van der Waals surface area (Å²) in [5.41, 5.74) is 5.71. The van der Waals surface area contributed by atoms with E-state index in [1.165, 1.54) is 13.4 Å². The number of hydrogen-bond acceptors (Lipinski definition) is 5. The van der Waals surface area contributed by atoms with Crippen molar-refractivity contribution in [2.45, 2.75) is 19.5 Å². The number of nitrogens with one attached hydrogen (secondary N) is 1. The van der Waals surface area contributed by atoms with Gasteiger partial charge in [0.1, 0.15) is 0 Å². The number of carbonyl (C=O) groups excluding carboxylic acids is 2. The van der Waals surface area contributed by atoms with Crippen molar-refractivity contribution >= 4 is 11.9 Å². The van der Waals surface area contributed by atoms with Gasteiger partial charge in [-0.15, -0.1) is 0 Å². The summed E-state index contributed by atoms with van der Waals surface area (Å²) in [4.78, 5) is 22.0. The molecule has 6 nitrogen and oxygen atoms in total. The van der Waals surface area contributed by atoms with Crippen LogP contribution in [0.2, 0.25) is 0 Å². The molecule has 6 heteroatoms. The third kappa shape index (κ3) is 2.83. The molecule has 0 fully saturated rings. The number of primary amides is 1. The molecule has 0 radical (unpaired) electrons. The zero-order valence-electron chi connectivity index (χ0n) is 9.15. The minimum atomic E-state index is -0.548. The van der Waals surface area contributed by atoms with Crippen LogP contribution in [0.25, 0.3) is 0 Å². The van der Waals surface area contributed by atoms with E-state index >= 15 is 0 Å². The Kier molecular flexibility index (Phi) is 4.07. The van der Waals surface area contributed by atoms with Crippen LogP contribution in [-0.4, -0.2) is 25.0 Å². The van der Waals surface area contributed by atoms with Crippen LogP contribution in [0.1, 0.15) is 23.0 Å². The molecule has 0 aliphatic carbocycles. The molecule has 1 heterocycles. The second kappa shape index (κ2) is 5.32. The van der Waals surface area contributed by atoms with Crippen molar-refractivity contribution in [3.8, 4) is 0 Å². The fourth-order valence-corrected chi connectivity index (χ4v) is 1.11. The van der Waals surface area contributed by atoms with Gasteiger partial charge in [-0.25, -0.2) is 4.79 Å². The van der Waals surface area contributed by atoms with Crippen LogP contribution in [0.15, 0.2) is 16.7 Å². The molecule has 16 heavy (non-hydrogen) atoms. The zero-order chi connectivity index (χ0) is 12.1. The van der Waals surface area contributed by atoms with E-state index in [1.807, 2.05) is 0 Å². The van der Waals surface area contributed by atoms with E-state index < -0.39 is 17.9 Å². The van der Waals surface area contributed by atoms with E-state index in [4.69, 9.17) is 10.2 Å². The maximum Gasteiger partial charge on any atom is 0.374 e. The maximum absolute atomic E-state index is 11.2. The quantitative estimate of drug-likeness (QED) is 0.691. The number of furan rings is 1. The van der Waals surface area contributed by atoms with Crippen LogP contribution in [0.5, 0.6) is 0 Å². The van der Waals surface area contributed by atoms with E-state index in [-0.39, 0.29) is 5.76 Å². The Morgan fingerprint density at radius 2 is 2.31 bits per heavy atom. The lowest BCUT2D eigenvalue weighted by molar-refractivity contribution is -0.119. The molecule has 1 rings (SSSR count). The van der Waals surface area contributed by atoms with Crippen LogP contribution in [0.3, 0.4) is 0 Å². The van der Waals surface area contributed by atoms with Crippen molar-refractivity contribution < 1.29 is 18.7 Å². The van der Waals surface area contributed by atoms with Gasteiger partial charge < -0.3 is 20.2 Å². The molecular weight excluding hydrogens is 212 g/mol. The Balaban J connectivity index is 2.64. The highest BCUT2D eigenvalue weighted by Crippen LogP contribution is 2.11. The van der Waals surface area contributed by atoms with E-state index in [0.29, 0.717) is 12.1 Å². The molecule has 1 amide bonds. The minimum absolute atomic E-state index is 0.131. The van der Waals surface area contributed by atoms with Crippen molar-refractivity contribution in [3.05, 3.63) is 23.7 Å². The molecule has 0 aliphatic rings. The molecule has 1 unspecified atom stereocenters. The summed E-state index contributed by atoms with van der Waals surface area (Å²) in [5.74, 6) is -0.872. The highest BCUT2D eigenvalue weighted by Gasteiger charge is 2.16. The standard InChI is InChI=1S/C10H14N2O4/c1-6(9(11)13)12-5-7-3-4-16-8(7)10(14)15-2/h3-4,6,12H,5H2,1-2H3,(H2,11,13). The predicted molar refractivity (Wildman–Crippen MR) is 55.5 cm³/mol. The SMILES string of the molecule is COC(=O)c1occc1CNC(C)C(N)=O. The number of ether oxygens (including phenoxy) is 1. The number of hydrogen-bond donors (Lipinski definition) is 2. The number of amides is 1. The zero-order valence-corrected chi connectivity index (χ0v) is 9.15. The van der Waals surface area contributed by atoms with E-state index in [0.717, 1.165) is 0 Å². The average Bonchev–Trinajstić information content (AvgIpc) is 2.72. The van der Waals surface area contributed by atoms with Gasteiger partial charge in [-0.05, 0) is 13.0 Å². The number of nitrogens with two attached hydrogens (primary N) is 1. The van der Waals surface area contributed by atoms with Crippen molar-refractivity contribution in [2.75, 3.05) is 7.11 Å². The summed E-state index contributed by atoms with van der Waals surface area (Å²) < 4.78 is 9.52. The molecule has 0 saturated heterocycles. The molecule has 0 aromatic carbocycles. The van der Waals surface area contributed by atoms with Crippen LogP contribution < -0.4 is 11.1 Å². The first-order chi connectivity index (χ1) is 7.56. The normalized spacial score (nSPS) is 12.1. The van der Waals surface area contributed by atoms with Crippen LogP contribution in [0, 0.1) is 0 Å². The van der Waals surface area contributed by atoms with Crippen molar-refractivity contribution in [1.82, 2.24) is 5.32 Å². The molecule has 0 bridgehead atoms. The van der Waals surface area contributed by atoms with Crippen LogP contribution in [0.4, 0.5) is 0 Å². The lowest BCUT2D eigenvalue weighted by Gasteiger charge is -2.09. The Bertz CT molecular complexity index is 386. The van der Waals surface area contributed by atoms with Crippen LogP contribution in [-0.2, 0) is 16.1 Å². The summed E-state index contributed by atoms with van der Waals surface area (Å²) in [7, 11) is 1.27. The third-order valence-electron chi connectivity index (χ3n) is 2.14. The maximum atomic E-state index is 11.2. The molecular formula is C10H14N2O4. The Morgan fingerprint density at radius 1 is 1.62 bits per heavy atom. The summed E-state index contributed by atoms with van der Waals surface area (Å²) in [6.07, 6.45) is 1.39. The number of methoxy groups -OCH3 is 1. The molecule has 0 saturated carbocycles. The largest absolute Gasteiger partial charge is 0.463 e. The molecule has 3 N–H and O–H groups in total. The topological polar surface area (TPSA) is 94.6 Å². The predicted octanol–water partition coefficient (Wildman–Crippen LogP) is 0.0296. The third-order valence-corrected chi connectivity index (χ3v) is 2.14. The van der Waals surface area contributed by atoms with Gasteiger partial charge >= 0.3 is 5.97 Å². The first-order valence-corrected chi connectivity index (χ1v) is 4.73. The van der Waals surface area contributed by atoms with Gasteiger partial charge in [0, 0.05) is 12.1 Å². The van der Waals surface area contributed by atoms with E-state index in [2.05, 4.69) is 10.1 Å². The van der Waals surface area contributed by atoms with Gasteiger partial charge in [-0.1, -0.05) is 0 Å². The summed E-state index contributed by atoms with van der Waals surface area (Å²) in [6, 6.07) is 1.16. The monoisotopic (exact) mass is 226 g/mol. The van der Waals surface area contributed by atoms with Gasteiger partial charge in [0.05, 0.1) is 19.4 Å². The molecule has 88 valence electrons. The number of rotatable bonds is 5. The molecule has 0 spiro atoms. The first-order valence-electron chi connectivity index (χ1n) is 4.73. The molecule has 1 aromatic rings. The van der Waals surface area contributed by atoms with Crippen molar-refractivity contribution in [2.24, 2.45) is 5.73 Å². The lowest BCUT2D eigenvalue weighted by atomic mass is 10.2. The summed E-state index contributed by atoms with van der Waals surface area (Å²) in [6.45, 7) is 1.95. The molecule has 1 aromatic heterocycles. The Morgan fingerprint density at radius 3 is 2.88 bits per heavy atom. The summed E-state index contributed by atoms with van der Waals surface area (Å²) in [5, 5.41) is 2.86. The minimum Gasteiger partial charge on any atom is -0.463 e. The smallest absolute Gasteiger partial charge is 0.374 e. The molecule has 1 atom stereocenters. The Hall–Kier alpha value is -1.82. The van der Waals surface area contributed by atoms with Gasteiger partial charge in [-0.2, -0.15) is 0 Å². The fraction of sp³-hybridized carbons (Fsp3) is 0.400. The highest BCUT2D eigenvalue weighted by atomic mass is 16.5. The second-order valence-corrected chi connectivity index (χ2v) is 3.27. The van der Waals surface area contributed by atoms with Crippen molar-refractivity contribution in [3.63, 3.8) is 0 Å². The van der Waals surface area contributed by atoms with Crippen LogP contribution >= 0.6 is 0 Å². The first kappa shape index (κ1) is 12.3. The summed E-state index contributed by atoms with van der Waals surface area (Å²) >= 11 is 0.